The number of pyridine rings is 1. The summed E-state index contributed by atoms with van der Waals surface area (Å²) in [5, 5.41) is 9.27. The number of aliphatic hydroxyl groups excluding tert-OH is 1. The van der Waals surface area contributed by atoms with Crippen LogP contribution in [-0.2, 0) is 10.0 Å². The lowest BCUT2D eigenvalue weighted by atomic mass is 10.1. The Bertz CT molecular complexity index is 536. The largest absolute Gasteiger partial charge is 0.391 e. The van der Waals surface area contributed by atoms with E-state index >= 15 is 0 Å². The molecule has 0 radical (unpaired) electrons. The van der Waals surface area contributed by atoms with E-state index in [1.807, 2.05) is 0 Å². The molecule has 2 unspecified atom stereocenters. The minimum absolute atomic E-state index is 0.550. The molecule has 5 nitrogen and oxygen atoms in total. The van der Waals surface area contributed by atoms with Crippen molar-refractivity contribution >= 4 is 10.0 Å². The zero-order chi connectivity index (χ0) is 13.9. The van der Waals surface area contributed by atoms with Crippen LogP contribution in [0.1, 0.15) is 32.1 Å². The molecule has 0 spiro atoms. The van der Waals surface area contributed by atoms with Crippen molar-refractivity contribution in [3.63, 3.8) is 0 Å². The van der Waals surface area contributed by atoms with E-state index < -0.39 is 33.0 Å². The molecular weight excluding hydrogens is 271 g/mol. The molecule has 0 amide bonds. The zero-order valence-electron chi connectivity index (χ0n) is 10.4. The first-order chi connectivity index (χ1) is 9.00. The molecule has 1 heterocycles. The number of halogens is 1. The van der Waals surface area contributed by atoms with Crippen molar-refractivity contribution in [2.24, 2.45) is 0 Å². The van der Waals surface area contributed by atoms with Crippen LogP contribution in [0.3, 0.4) is 0 Å². The van der Waals surface area contributed by atoms with Crippen molar-refractivity contribution in [2.75, 3.05) is 0 Å². The van der Waals surface area contributed by atoms with E-state index in [0.717, 1.165) is 25.3 Å². The van der Waals surface area contributed by atoms with Crippen molar-refractivity contribution in [3.05, 3.63) is 24.1 Å². The van der Waals surface area contributed by atoms with Crippen molar-refractivity contribution in [2.45, 2.75) is 49.3 Å². The molecule has 1 saturated carbocycles. The second-order valence-electron chi connectivity index (χ2n) is 4.72. The Labute approximate surface area is 111 Å². The van der Waals surface area contributed by atoms with E-state index in [0.29, 0.717) is 12.8 Å². The number of hydrogen-bond donors (Lipinski definition) is 2. The molecule has 0 saturated heterocycles. The Balaban J connectivity index is 2.19. The zero-order valence-corrected chi connectivity index (χ0v) is 11.2. The van der Waals surface area contributed by atoms with E-state index in [4.69, 9.17) is 0 Å². The van der Waals surface area contributed by atoms with Crippen molar-refractivity contribution in [1.82, 2.24) is 9.71 Å². The van der Waals surface area contributed by atoms with Gasteiger partial charge in [-0.25, -0.2) is 22.5 Å². The van der Waals surface area contributed by atoms with E-state index in [-0.39, 0.29) is 0 Å². The molecule has 1 aromatic rings. The van der Waals surface area contributed by atoms with Crippen LogP contribution in [0.2, 0.25) is 0 Å². The van der Waals surface area contributed by atoms with Crippen LogP contribution in [0, 0.1) is 5.82 Å². The number of aromatic nitrogens is 1. The number of rotatable bonds is 3. The fourth-order valence-corrected chi connectivity index (χ4v) is 3.56. The summed E-state index contributed by atoms with van der Waals surface area (Å²) in [6, 6.07) is 1.80. The van der Waals surface area contributed by atoms with Crippen LogP contribution >= 0.6 is 0 Å². The Morgan fingerprint density at radius 2 is 2.05 bits per heavy atom. The summed E-state index contributed by atoms with van der Waals surface area (Å²) in [6.07, 6.45) is 4.28. The van der Waals surface area contributed by atoms with Gasteiger partial charge >= 0.3 is 0 Å². The number of sulfonamides is 1. The first-order valence-corrected chi connectivity index (χ1v) is 7.80. The minimum atomic E-state index is -4.04. The lowest BCUT2D eigenvalue weighted by Crippen LogP contribution is -2.43. The summed E-state index contributed by atoms with van der Waals surface area (Å²) in [4.78, 5) is 3.56. The highest BCUT2D eigenvalue weighted by Crippen LogP contribution is 2.20. The molecule has 0 aliphatic heterocycles. The van der Waals surface area contributed by atoms with Gasteiger partial charge in [0.1, 0.15) is 0 Å². The minimum Gasteiger partial charge on any atom is -0.391 e. The summed E-state index contributed by atoms with van der Waals surface area (Å²) in [5.74, 6) is -0.891. The highest BCUT2D eigenvalue weighted by atomic mass is 32.2. The van der Waals surface area contributed by atoms with Gasteiger partial charge in [0, 0.05) is 12.2 Å². The molecule has 19 heavy (non-hydrogen) atoms. The molecule has 2 atom stereocenters. The second-order valence-corrected chi connectivity index (χ2v) is 6.35. The van der Waals surface area contributed by atoms with Crippen LogP contribution in [0.4, 0.5) is 4.39 Å². The topological polar surface area (TPSA) is 79.3 Å². The predicted molar refractivity (Wildman–Crippen MR) is 67.4 cm³/mol. The normalized spacial score (nSPS) is 24.9. The van der Waals surface area contributed by atoms with Gasteiger partial charge < -0.3 is 5.11 Å². The highest BCUT2D eigenvalue weighted by molar-refractivity contribution is 7.89. The van der Waals surface area contributed by atoms with Crippen LogP contribution in [0.25, 0.3) is 0 Å². The van der Waals surface area contributed by atoms with Gasteiger partial charge in [0.2, 0.25) is 5.03 Å². The number of nitrogens with zero attached hydrogens (tertiary/aromatic N) is 1. The van der Waals surface area contributed by atoms with Gasteiger partial charge in [0.05, 0.1) is 6.10 Å². The summed E-state index contributed by atoms with van der Waals surface area (Å²) in [5.41, 5.74) is 0. The van der Waals surface area contributed by atoms with E-state index in [1.54, 1.807) is 0 Å². The Kier molecular flexibility index (Phi) is 4.49. The van der Waals surface area contributed by atoms with Gasteiger partial charge in [-0.3, -0.25) is 0 Å². The van der Waals surface area contributed by atoms with Gasteiger partial charge in [0.15, 0.2) is 5.82 Å². The molecule has 0 aromatic carbocycles. The summed E-state index contributed by atoms with van der Waals surface area (Å²) < 4.78 is 39.9. The second kappa shape index (κ2) is 5.94. The highest BCUT2D eigenvalue weighted by Gasteiger charge is 2.29. The lowest BCUT2D eigenvalue weighted by molar-refractivity contribution is 0.130. The number of nitrogens with one attached hydrogen (secondary N) is 1. The van der Waals surface area contributed by atoms with Crippen LogP contribution in [0.5, 0.6) is 0 Å². The van der Waals surface area contributed by atoms with Crippen molar-refractivity contribution in [1.29, 1.82) is 0 Å². The van der Waals surface area contributed by atoms with Gasteiger partial charge in [0.25, 0.3) is 10.0 Å². The van der Waals surface area contributed by atoms with Crippen LogP contribution in [0.15, 0.2) is 23.4 Å². The average molecular weight is 288 g/mol. The van der Waals surface area contributed by atoms with Crippen molar-refractivity contribution in [3.8, 4) is 0 Å². The van der Waals surface area contributed by atoms with Gasteiger partial charge in [-0.1, -0.05) is 19.3 Å². The fourth-order valence-electron chi connectivity index (χ4n) is 2.25. The molecule has 1 aliphatic rings. The Morgan fingerprint density at radius 3 is 2.79 bits per heavy atom. The summed E-state index contributed by atoms with van der Waals surface area (Å²) in [7, 11) is -4.04. The molecular formula is C12H17FN2O3S. The molecule has 2 N–H and O–H groups in total. The molecule has 1 aliphatic carbocycles. The number of hydrogen-bond acceptors (Lipinski definition) is 4. The monoisotopic (exact) mass is 288 g/mol. The molecule has 1 aromatic heterocycles. The third-order valence-corrected chi connectivity index (χ3v) is 4.69. The van der Waals surface area contributed by atoms with Gasteiger partial charge in [-0.15, -0.1) is 0 Å². The van der Waals surface area contributed by atoms with Gasteiger partial charge in [-0.2, -0.15) is 0 Å². The summed E-state index contributed by atoms with van der Waals surface area (Å²) in [6.45, 7) is 0. The van der Waals surface area contributed by atoms with E-state index in [1.165, 1.54) is 12.3 Å². The molecule has 1 fully saturated rings. The average Bonchev–Trinajstić information content (AvgIpc) is 2.55. The fraction of sp³-hybridized carbons (Fsp3) is 0.583. The molecule has 2 rings (SSSR count). The molecule has 0 bridgehead atoms. The van der Waals surface area contributed by atoms with Gasteiger partial charge in [-0.05, 0) is 25.0 Å². The number of aliphatic hydroxyl groups is 1. The van der Waals surface area contributed by atoms with E-state index in [2.05, 4.69) is 9.71 Å². The third-order valence-electron chi connectivity index (χ3n) is 3.27. The standard InChI is InChI=1S/C12H17FN2O3S/c13-9-5-4-8-14-12(9)19(17,18)15-10-6-2-1-3-7-11(10)16/h4-5,8,10-11,15-16H,1-3,6-7H2. The SMILES string of the molecule is O=S(=O)(NC1CCCCCC1O)c1ncccc1F. The lowest BCUT2D eigenvalue weighted by Gasteiger charge is -2.21. The predicted octanol–water partition coefficient (Wildman–Crippen LogP) is 1.19. The summed E-state index contributed by atoms with van der Waals surface area (Å²) >= 11 is 0. The van der Waals surface area contributed by atoms with Crippen molar-refractivity contribution < 1.29 is 17.9 Å². The Hall–Kier alpha value is -1.05. The van der Waals surface area contributed by atoms with Crippen LogP contribution < -0.4 is 4.72 Å². The third kappa shape index (κ3) is 3.49. The first-order valence-electron chi connectivity index (χ1n) is 6.31. The van der Waals surface area contributed by atoms with Crippen LogP contribution in [-0.4, -0.2) is 30.7 Å². The smallest absolute Gasteiger partial charge is 0.261 e. The maximum atomic E-state index is 13.5. The molecule has 7 heteroatoms. The molecule has 106 valence electrons. The maximum Gasteiger partial charge on any atom is 0.261 e. The first kappa shape index (κ1) is 14.4. The maximum absolute atomic E-state index is 13.5. The Morgan fingerprint density at radius 1 is 1.32 bits per heavy atom. The van der Waals surface area contributed by atoms with E-state index in [9.17, 15) is 17.9 Å². The quantitative estimate of drug-likeness (QED) is 0.819.